The Morgan fingerprint density at radius 1 is 1.13 bits per heavy atom. The zero-order chi connectivity index (χ0) is 11.5. The Morgan fingerprint density at radius 3 is 2.33 bits per heavy atom. The van der Waals surface area contributed by atoms with Gasteiger partial charge in [-0.2, -0.15) is 11.8 Å². The van der Waals surface area contributed by atoms with Crippen molar-refractivity contribution < 1.29 is 0 Å². The van der Waals surface area contributed by atoms with E-state index in [4.69, 9.17) is 5.73 Å². The van der Waals surface area contributed by atoms with E-state index in [1.54, 1.807) is 0 Å². The molecule has 0 fully saturated rings. The van der Waals surface area contributed by atoms with Gasteiger partial charge >= 0.3 is 0 Å². The van der Waals surface area contributed by atoms with Gasteiger partial charge in [0.2, 0.25) is 0 Å². The first-order chi connectivity index (χ1) is 7.22. The van der Waals surface area contributed by atoms with Gasteiger partial charge in [-0.1, -0.05) is 19.3 Å². The van der Waals surface area contributed by atoms with E-state index in [-0.39, 0.29) is 0 Å². The third-order valence-corrected chi connectivity index (χ3v) is 3.69. The normalized spacial score (nSPS) is 13.4. The number of unbranched alkanes of at least 4 members (excludes halogenated alkanes) is 4. The number of hydrogen-bond donors (Lipinski definition) is 1. The van der Waals surface area contributed by atoms with Crippen molar-refractivity contribution >= 4 is 11.8 Å². The van der Waals surface area contributed by atoms with E-state index in [1.165, 1.54) is 44.4 Å². The largest absolute Gasteiger partial charge is 0.330 e. The zero-order valence-corrected chi connectivity index (χ0v) is 11.5. The highest BCUT2D eigenvalue weighted by Crippen LogP contribution is 2.07. The minimum absolute atomic E-state index is 0.712. The average Bonchev–Trinajstić information content (AvgIpc) is 2.23. The summed E-state index contributed by atoms with van der Waals surface area (Å²) >= 11 is 1.93. The molecule has 0 saturated carbocycles. The summed E-state index contributed by atoms with van der Waals surface area (Å²) < 4.78 is 0. The minimum Gasteiger partial charge on any atom is -0.330 e. The lowest BCUT2D eigenvalue weighted by Gasteiger charge is -2.23. The minimum atomic E-state index is 0.712. The van der Waals surface area contributed by atoms with Crippen LogP contribution in [0.5, 0.6) is 0 Å². The molecule has 0 aliphatic rings. The number of thioether (sulfide) groups is 1. The fraction of sp³-hybridized carbons (Fsp3) is 1.00. The first-order valence-corrected chi connectivity index (χ1v) is 7.51. The average molecular weight is 232 g/mol. The summed E-state index contributed by atoms with van der Waals surface area (Å²) in [6, 6.07) is 0.712. The van der Waals surface area contributed by atoms with E-state index in [0.717, 1.165) is 6.54 Å². The highest BCUT2D eigenvalue weighted by atomic mass is 32.2. The van der Waals surface area contributed by atoms with E-state index in [0.29, 0.717) is 6.04 Å². The lowest BCUT2D eigenvalue weighted by molar-refractivity contribution is 0.271. The SMILES string of the molecule is CSCC(C)N(C)CCCCCCCN. The lowest BCUT2D eigenvalue weighted by atomic mass is 10.1. The Hall–Kier alpha value is 0.270. The van der Waals surface area contributed by atoms with Gasteiger partial charge in [0.15, 0.2) is 0 Å². The van der Waals surface area contributed by atoms with Gasteiger partial charge in [-0.25, -0.2) is 0 Å². The number of rotatable bonds is 10. The Balaban J connectivity index is 3.26. The van der Waals surface area contributed by atoms with Crippen molar-refractivity contribution in [3.8, 4) is 0 Å². The summed E-state index contributed by atoms with van der Waals surface area (Å²) in [6.45, 7) is 4.40. The van der Waals surface area contributed by atoms with Crippen LogP contribution in [-0.2, 0) is 0 Å². The van der Waals surface area contributed by atoms with Crippen LogP contribution in [0.3, 0.4) is 0 Å². The van der Waals surface area contributed by atoms with E-state index in [2.05, 4.69) is 25.1 Å². The van der Waals surface area contributed by atoms with Crippen molar-refractivity contribution in [1.29, 1.82) is 0 Å². The summed E-state index contributed by atoms with van der Waals surface area (Å²) in [5.41, 5.74) is 5.45. The first kappa shape index (κ1) is 15.3. The molecule has 0 radical (unpaired) electrons. The third-order valence-electron chi connectivity index (χ3n) is 2.88. The lowest BCUT2D eigenvalue weighted by Crippen LogP contribution is -2.31. The Kier molecular flexibility index (Phi) is 11.0. The second-order valence-corrected chi connectivity index (χ2v) is 5.25. The zero-order valence-electron chi connectivity index (χ0n) is 10.7. The third kappa shape index (κ3) is 9.21. The molecule has 0 bridgehead atoms. The van der Waals surface area contributed by atoms with Gasteiger partial charge in [0.05, 0.1) is 0 Å². The maximum atomic E-state index is 5.45. The molecule has 0 aromatic heterocycles. The molecule has 0 spiro atoms. The van der Waals surface area contributed by atoms with Gasteiger partial charge in [0.25, 0.3) is 0 Å². The van der Waals surface area contributed by atoms with Crippen molar-refractivity contribution in [2.75, 3.05) is 32.1 Å². The summed E-state index contributed by atoms with van der Waals surface area (Å²) in [7, 11) is 2.24. The fourth-order valence-corrected chi connectivity index (χ4v) is 2.36. The number of hydrogen-bond acceptors (Lipinski definition) is 3. The molecule has 0 aromatic carbocycles. The molecule has 2 N–H and O–H groups in total. The Morgan fingerprint density at radius 2 is 1.73 bits per heavy atom. The monoisotopic (exact) mass is 232 g/mol. The van der Waals surface area contributed by atoms with Crippen LogP contribution in [0.4, 0.5) is 0 Å². The predicted octanol–water partition coefficient (Wildman–Crippen LogP) is 2.58. The molecule has 0 rings (SSSR count). The predicted molar refractivity (Wildman–Crippen MR) is 72.6 cm³/mol. The molecule has 3 heteroatoms. The molecule has 0 amide bonds. The second kappa shape index (κ2) is 10.8. The molecule has 0 saturated heterocycles. The molecular formula is C12H28N2S. The van der Waals surface area contributed by atoms with Crippen LogP contribution in [0.15, 0.2) is 0 Å². The van der Waals surface area contributed by atoms with E-state index in [1.807, 2.05) is 11.8 Å². The topological polar surface area (TPSA) is 29.3 Å². The van der Waals surface area contributed by atoms with Crippen molar-refractivity contribution in [3.05, 3.63) is 0 Å². The summed E-state index contributed by atoms with van der Waals surface area (Å²) in [5.74, 6) is 1.24. The standard InChI is InChI=1S/C12H28N2S/c1-12(11-15-3)14(2)10-8-6-4-5-7-9-13/h12H,4-11,13H2,1-3H3. The molecule has 1 atom stereocenters. The number of nitrogens with zero attached hydrogens (tertiary/aromatic N) is 1. The van der Waals surface area contributed by atoms with E-state index >= 15 is 0 Å². The fourth-order valence-electron chi connectivity index (χ4n) is 1.62. The molecular weight excluding hydrogens is 204 g/mol. The second-order valence-electron chi connectivity index (χ2n) is 4.34. The van der Waals surface area contributed by atoms with Crippen LogP contribution in [0.25, 0.3) is 0 Å². The molecule has 2 nitrogen and oxygen atoms in total. The molecule has 15 heavy (non-hydrogen) atoms. The highest BCUT2D eigenvalue weighted by Gasteiger charge is 2.06. The summed E-state index contributed by atoms with van der Waals surface area (Å²) in [5, 5.41) is 0. The van der Waals surface area contributed by atoms with Crippen LogP contribution in [0.2, 0.25) is 0 Å². The molecule has 0 aliphatic heterocycles. The van der Waals surface area contributed by atoms with Gasteiger partial charge < -0.3 is 10.6 Å². The summed E-state index contributed by atoms with van der Waals surface area (Å²) in [6.07, 6.45) is 8.72. The van der Waals surface area contributed by atoms with Crippen LogP contribution in [0.1, 0.15) is 39.0 Å². The van der Waals surface area contributed by atoms with E-state index in [9.17, 15) is 0 Å². The quantitative estimate of drug-likeness (QED) is 0.587. The molecule has 0 aliphatic carbocycles. The maximum Gasteiger partial charge on any atom is 0.0154 e. The smallest absolute Gasteiger partial charge is 0.0154 e. The van der Waals surface area contributed by atoms with Gasteiger partial charge in [-0.3, -0.25) is 0 Å². The Bertz CT molecular complexity index is 131. The van der Waals surface area contributed by atoms with Crippen LogP contribution in [-0.4, -0.2) is 43.1 Å². The van der Waals surface area contributed by atoms with Crippen molar-refractivity contribution in [2.24, 2.45) is 5.73 Å². The highest BCUT2D eigenvalue weighted by molar-refractivity contribution is 7.98. The van der Waals surface area contributed by atoms with Crippen LogP contribution >= 0.6 is 11.8 Å². The van der Waals surface area contributed by atoms with Crippen molar-refractivity contribution in [2.45, 2.75) is 45.1 Å². The van der Waals surface area contributed by atoms with Gasteiger partial charge in [0.1, 0.15) is 0 Å². The molecule has 92 valence electrons. The maximum absolute atomic E-state index is 5.45. The molecule has 0 heterocycles. The van der Waals surface area contributed by atoms with Crippen molar-refractivity contribution in [1.82, 2.24) is 4.90 Å². The number of nitrogens with two attached hydrogens (primary N) is 1. The van der Waals surface area contributed by atoms with E-state index < -0.39 is 0 Å². The van der Waals surface area contributed by atoms with Crippen LogP contribution in [0, 0.1) is 0 Å². The van der Waals surface area contributed by atoms with Gasteiger partial charge in [-0.15, -0.1) is 0 Å². The van der Waals surface area contributed by atoms with Gasteiger partial charge in [-0.05, 0) is 46.2 Å². The van der Waals surface area contributed by atoms with Crippen LogP contribution < -0.4 is 5.73 Å². The van der Waals surface area contributed by atoms with Crippen molar-refractivity contribution in [3.63, 3.8) is 0 Å². The molecule has 0 aromatic rings. The van der Waals surface area contributed by atoms with Gasteiger partial charge in [0, 0.05) is 11.8 Å². The summed E-state index contributed by atoms with van der Waals surface area (Å²) in [4.78, 5) is 2.47. The Labute approximate surface area is 100.0 Å². The first-order valence-electron chi connectivity index (χ1n) is 6.11. The molecule has 1 unspecified atom stereocenters.